The van der Waals surface area contributed by atoms with Crippen molar-refractivity contribution in [2.24, 2.45) is 0 Å². The van der Waals surface area contributed by atoms with E-state index in [0.717, 1.165) is 5.75 Å². The summed E-state index contributed by atoms with van der Waals surface area (Å²) in [5.41, 5.74) is 2.99. The SMILES string of the molecule is CSCC[C@H](NC(=O)[C@@H]1Cc2ccccc2CN1)C(=O)Nc1ccc2c(c1)OCO2. The van der Waals surface area contributed by atoms with Crippen LogP contribution in [0.5, 0.6) is 11.5 Å². The van der Waals surface area contributed by atoms with E-state index in [1.165, 1.54) is 11.1 Å². The topological polar surface area (TPSA) is 88.7 Å². The van der Waals surface area contributed by atoms with Gasteiger partial charge in [-0.1, -0.05) is 24.3 Å². The molecule has 0 fully saturated rings. The zero-order chi connectivity index (χ0) is 20.9. The van der Waals surface area contributed by atoms with Crippen LogP contribution in [-0.2, 0) is 22.6 Å². The summed E-state index contributed by atoms with van der Waals surface area (Å²) in [7, 11) is 0. The molecule has 0 saturated heterocycles. The molecule has 0 bridgehead atoms. The van der Waals surface area contributed by atoms with Crippen LogP contribution in [0, 0.1) is 0 Å². The summed E-state index contributed by atoms with van der Waals surface area (Å²) in [6, 6.07) is 12.4. The molecule has 0 radical (unpaired) electrons. The quantitative estimate of drug-likeness (QED) is 0.629. The van der Waals surface area contributed by atoms with Crippen molar-refractivity contribution in [3.8, 4) is 11.5 Å². The molecule has 2 aromatic carbocycles. The predicted molar refractivity (Wildman–Crippen MR) is 117 cm³/mol. The number of hydrogen-bond donors (Lipinski definition) is 3. The van der Waals surface area contributed by atoms with E-state index < -0.39 is 6.04 Å². The highest BCUT2D eigenvalue weighted by atomic mass is 32.2. The molecule has 2 aliphatic rings. The van der Waals surface area contributed by atoms with Crippen molar-refractivity contribution in [1.29, 1.82) is 0 Å². The van der Waals surface area contributed by atoms with E-state index in [1.807, 2.05) is 24.5 Å². The Hall–Kier alpha value is -2.71. The largest absolute Gasteiger partial charge is 0.454 e. The van der Waals surface area contributed by atoms with Crippen molar-refractivity contribution in [3.63, 3.8) is 0 Å². The zero-order valence-corrected chi connectivity index (χ0v) is 17.6. The molecule has 7 nitrogen and oxygen atoms in total. The smallest absolute Gasteiger partial charge is 0.246 e. The van der Waals surface area contributed by atoms with Gasteiger partial charge in [-0.05, 0) is 48.1 Å². The van der Waals surface area contributed by atoms with Crippen LogP contribution in [0.1, 0.15) is 17.5 Å². The highest BCUT2D eigenvalue weighted by Gasteiger charge is 2.28. The highest BCUT2D eigenvalue weighted by Crippen LogP contribution is 2.34. The molecule has 0 saturated carbocycles. The van der Waals surface area contributed by atoms with Crippen molar-refractivity contribution >= 4 is 29.3 Å². The maximum Gasteiger partial charge on any atom is 0.246 e. The van der Waals surface area contributed by atoms with Crippen LogP contribution < -0.4 is 25.4 Å². The number of hydrogen-bond acceptors (Lipinski definition) is 6. The molecule has 30 heavy (non-hydrogen) atoms. The number of nitrogens with one attached hydrogen (secondary N) is 3. The van der Waals surface area contributed by atoms with Gasteiger partial charge in [-0.15, -0.1) is 0 Å². The average Bonchev–Trinajstić information content (AvgIpc) is 3.24. The van der Waals surface area contributed by atoms with Gasteiger partial charge in [0.05, 0.1) is 6.04 Å². The molecule has 2 heterocycles. The van der Waals surface area contributed by atoms with E-state index in [1.54, 1.807) is 30.0 Å². The minimum atomic E-state index is -0.616. The van der Waals surface area contributed by atoms with Crippen molar-refractivity contribution in [3.05, 3.63) is 53.6 Å². The Morgan fingerprint density at radius 1 is 1.17 bits per heavy atom. The number of amides is 2. The summed E-state index contributed by atoms with van der Waals surface area (Å²) in [5.74, 6) is 1.62. The Bertz CT molecular complexity index is 936. The Morgan fingerprint density at radius 2 is 1.97 bits per heavy atom. The number of carbonyl (C=O) groups is 2. The van der Waals surface area contributed by atoms with Gasteiger partial charge in [0.2, 0.25) is 18.6 Å². The lowest BCUT2D eigenvalue weighted by Gasteiger charge is -2.27. The first kappa shape index (κ1) is 20.6. The lowest BCUT2D eigenvalue weighted by atomic mass is 9.95. The van der Waals surface area contributed by atoms with Crippen LogP contribution in [0.2, 0.25) is 0 Å². The summed E-state index contributed by atoms with van der Waals surface area (Å²) < 4.78 is 10.7. The first-order chi connectivity index (χ1) is 14.6. The second-order valence-corrected chi connectivity index (χ2v) is 8.29. The van der Waals surface area contributed by atoms with E-state index in [9.17, 15) is 9.59 Å². The molecule has 2 aromatic rings. The normalized spacial score (nSPS) is 17.7. The van der Waals surface area contributed by atoms with Gasteiger partial charge < -0.3 is 25.4 Å². The minimum Gasteiger partial charge on any atom is -0.454 e. The average molecular weight is 428 g/mol. The van der Waals surface area contributed by atoms with E-state index in [-0.39, 0.29) is 24.6 Å². The molecular formula is C22H25N3O4S. The number of carbonyl (C=O) groups excluding carboxylic acids is 2. The molecule has 0 aromatic heterocycles. The first-order valence-electron chi connectivity index (χ1n) is 9.94. The minimum absolute atomic E-state index is 0.156. The molecule has 2 aliphatic heterocycles. The van der Waals surface area contributed by atoms with E-state index in [4.69, 9.17) is 9.47 Å². The van der Waals surface area contributed by atoms with Gasteiger partial charge in [0, 0.05) is 18.3 Å². The molecule has 2 amide bonds. The summed E-state index contributed by atoms with van der Waals surface area (Å²) >= 11 is 1.64. The fraction of sp³-hybridized carbons (Fsp3) is 0.364. The van der Waals surface area contributed by atoms with E-state index in [0.29, 0.717) is 36.6 Å². The molecule has 4 rings (SSSR count). The summed E-state index contributed by atoms with van der Waals surface area (Å²) in [6.45, 7) is 0.823. The monoisotopic (exact) mass is 427 g/mol. The lowest BCUT2D eigenvalue weighted by molar-refractivity contribution is -0.128. The van der Waals surface area contributed by atoms with Gasteiger partial charge >= 0.3 is 0 Å². The summed E-state index contributed by atoms with van der Waals surface area (Å²) in [4.78, 5) is 25.8. The second kappa shape index (κ2) is 9.40. The van der Waals surface area contributed by atoms with Crippen LogP contribution in [0.25, 0.3) is 0 Å². The third kappa shape index (κ3) is 4.71. The fourth-order valence-corrected chi connectivity index (χ4v) is 4.09. The maximum atomic E-state index is 12.9. The standard InChI is InChI=1S/C22H25N3O4S/c1-30-9-8-17(21(26)24-16-6-7-19-20(11-16)29-13-28-19)25-22(27)18-10-14-4-2-3-5-15(14)12-23-18/h2-7,11,17-18,23H,8-10,12-13H2,1H3,(H,24,26)(H,25,27)/t17-,18-/m0/s1. The van der Waals surface area contributed by atoms with Gasteiger partial charge in [0.15, 0.2) is 11.5 Å². The third-order valence-corrected chi connectivity index (χ3v) is 5.93. The Kier molecular flexibility index (Phi) is 6.44. The molecule has 0 spiro atoms. The molecule has 0 unspecified atom stereocenters. The van der Waals surface area contributed by atoms with Crippen molar-refractivity contribution < 1.29 is 19.1 Å². The van der Waals surface area contributed by atoms with Gasteiger partial charge in [-0.3, -0.25) is 9.59 Å². The van der Waals surface area contributed by atoms with Crippen LogP contribution in [0.15, 0.2) is 42.5 Å². The maximum absolute atomic E-state index is 12.9. The van der Waals surface area contributed by atoms with Gasteiger partial charge in [0.1, 0.15) is 6.04 Å². The number of fused-ring (bicyclic) bond motifs is 2. The summed E-state index contributed by atoms with van der Waals surface area (Å²) in [5, 5.41) is 9.10. The van der Waals surface area contributed by atoms with E-state index in [2.05, 4.69) is 22.0 Å². The first-order valence-corrected chi connectivity index (χ1v) is 11.3. The van der Waals surface area contributed by atoms with Gasteiger partial charge in [-0.25, -0.2) is 0 Å². The molecular weight excluding hydrogens is 402 g/mol. The van der Waals surface area contributed by atoms with Crippen molar-refractivity contribution in [1.82, 2.24) is 10.6 Å². The van der Waals surface area contributed by atoms with Crippen LogP contribution in [0.4, 0.5) is 5.69 Å². The van der Waals surface area contributed by atoms with E-state index >= 15 is 0 Å². The summed E-state index contributed by atoms with van der Waals surface area (Å²) in [6.07, 6.45) is 3.14. The third-order valence-electron chi connectivity index (χ3n) is 5.28. The van der Waals surface area contributed by atoms with Crippen LogP contribution in [0.3, 0.4) is 0 Å². The molecule has 3 N–H and O–H groups in total. The fourth-order valence-electron chi connectivity index (χ4n) is 3.62. The molecule has 2 atom stereocenters. The Morgan fingerprint density at radius 3 is 2.80 bits per heavy atom. The number of ether oxygens (including phenoxy) is 2. The Labute approximate surface area is 179 Å². The van der Waals surface area contributed by atoms with Crippen LogP contribution in [-0.4, -0.2) is 42.7 Å². The van der Waals surface area contributed by atoms with Gasteiger partial charge in [0.25, 0.3) is 0 Å². The second-order valence-electron chi connectivity index (χ2n) is 7.31. The highest BCUT2D eigenvalue weighted by molar-refractivity contribution is 7.98. The number of thioether (sulfide) groups is 1. The molecule has 8 heteroatoms. The Balaban J connectivity index is 1.40. The number of rotatable bonds is 7. The predicted octanol–water partition coefficient (Wildman–Crippen LogP) is 2.31. The van der Waals surface area contributed by atoms with Crippen molar-refractivity contribution in [2.75, 3.05) is 24.1 Å². The molecule has 0 aliphatic carbocycles. The van der Waals surface area contributed by atoms with Crippen molar-refractivity contribution in [2.45, 2.75) is 31.5 Å². The van der Waals surface area contributed by atoms with Crippen LogP contribution >= 0.6 is 11.8 Å². The van der Waals surface area contributed by atoms with Gasteiger partial charge in [-0.2, -0.15) is 11.8 Å². The number of anilines is 1. The zero-order valence-electron chi connectivity index (χ0n) is 16.8. The molecule has 158 valence electrons. The lowest BCUT2D eigenvalue weighted by Crippen LogP contribution is -2.53. The number of benzene rings is 2.